The Morgan fingerprint density at radius 3 is 2.78 bits per heavy atom. The number of alkyl halides is 1. The summed E-state index contributed by atoms with van der Waals surface area (Å²) in [5, 5.41) is 11.6. The van der Waals surface area contributed by atoms with Crippen LogP contribution in [0.5, 0.6) is 0 Å². The van der Waals surface area contributed by atoms with Crippen LogP contribution >= 0.6 is 11.6 Å². The maximum Gasteiger partial charge on any atom is 0.238 e. The van der Waals surface area contributed by atoms with E-state index in [1.54, 1.807) is 6.07 Å². The number of rotatable bonds is 2. The summed E-state index contributed by atoms with van der Waals surface area (Å²) in [6.45, 7) is 0. The summed E-state index contributed by atoms with van der Waals surface area (Å²) in [5.74, 6) is 0.210. The van der Waals surface area contributed by atoms with E-state index in [0.717, 1.165) is 0 Å². The fourth-order valence-electron chi connectivity index (χ4n) is 2.05. The van der Waals surface area contributed by atoms with Crippen LogP contribution in [-0.4, -0.2) is 19.0 Å². The smallest absolute Gasteiger partial charge is 0.238 e. The van der Waals surface area contributed by atoms with Crippen molar-refractivity contribution in [1.82, 2.24) is 4.73 Å². The average Bonchev–Trinajstić information content (AvgIpc) is 2.38. The topological polar surface area (TPSA) is 62.1 Å². The number of halogens is 1. The number of allylic oxidation sites excluding steroid dienone is 4. The van der Waals surface area contributed by atoms with Gasteiger partial charge in [0.05, 0.1) is 0 Å². The molecule has 0 aromatic carbocycles. The molecule has 1 heterocycles. The summed E-state index contributed by atoms with van der Waals surface area (Å²) in [6.07, 6.45) is 9.16. The minimum Gasteiger partial charge on any atom is -0.805 e. The van der Waals surface area contributed by atoms with Gasteiger partial charge in [0.1, 0.15) is 0 Å². The maximum absolute atomic E-state index is 11.6. The van der Waals surface area contributed by atoms with Crippen LogP contribution in [0.1, 0.15) is 12.0 Å². The van der Waals surface area contributed by atoms with E-state index in [0.29, 0.717) is 16.7 Å². The van der Waals surface area contributed by atoms with Gasteiger partial charge in [-0.2, -0.15) is 8.42 Å². The first-order valence-electron chi connectivity index (χ1n) is 5.33. The lowest BCUT2D eigenvalue weighted by atomic mass is 9.78. The van der Waals surface area contributed by atoms with Gasteiger partial charge in [0.2, 0.25) is 10.3 Å². The molecule has 1 aliphatic carbocycles. The van der Waals surface area contributed by atoms with E-state index in [1.165, 1.54) is 12.3 Å². The Labute approximate surface area is 111 Å². The van der Waals surface area contributed by atoms with Crippen molar-refractivity contribution >= 4 is 21.9 Å². The Hall–Kier alpha value is -1.46. The van der Waals surface area contributed by atoms with E-state index < -0.39 is 15.7 Å². The second-order valence-electron chi connectivity index (χ2n) is 4.07. The standard InChI is InChI=1S/C12H11ClNO3S/c13-9-12(6-2-1-3-7-12)10-5-4-8-14(15)11(10)18(16)17/h1-6,8H,7,9H2/q-1. The Morgan fingerprint density at radius 2 is 2.22 bits per heavy atom. The van der Waals surface area contributed by atoms with E-state index >= 15 is 0 Å². The lowest BCUT2D eigenvalue weighted by Crippen LogP contribution is -2.28. The third-order valence-electron chi connectivity index (χ3n) is 2.99. The molecule has 18 heavy (non-hydrogen) atoms. The summed E-state index contributed by atoms with van der Waals surface area (Å²) in [6, 6.07) is 3.16. The van der Waals surface area contributed by atoms with E-state index in [-0.39, 0.29) is 10.5 Å². The van der Waals surface area contributed by atoms with E-state index in [4.69, 9.17) is 11.6 Å². The summed E-state index contributed by atoms with van der Waals surface area (Å²) in [5.41, 5.74) is -0.206. The number of pyridine rings is 1. The number of hydrogen-bond donors (Lipinski definition) is 0. The van der Waals surface area contributed by atoms with Gasteiger partial charge in [-0.25, -0.2) is 0 Å². The van der Waals surface area contributed by atoms with Crippen molar-refractivity contribution < 1.29 is 8.42 Å². The van der Waals surface area contributed by atoms with Gasteiger partial charge in [0, 0.05) is 16.9 Å². The second-order valence-corrected chi connectivity index (χ2v) is 5.19. The molecule has 0 amide bonds. The zero-order valence-corrected chi connectivity index (χ0v) is 11.0. The molecule has 0 spiro atoms. The van der Waals surface area contributed by atoms with Crippen LogP contribution < -0.4 is 0 Å². The highest BCUT2D eigenvalue weighted by Gasteiger charge is 2.30. The average molecular weight is 285 g/mol. The first-order chi connectivity index (χ1) is 8.60. The van der Waals surface area contributed by atoms with Crippen molar-refractivity contribution in [2.75, 3.05) is 5.88 Å². The van der Waals surface area contributed by atoms with Crippen LogP contribution in [0.15, 0.2) is 42.6 Å². The van der Waals surface area contributed by atoms with Gasteiger partial charge >= 0.3 is 0 Å². The molecule has 4 nitrogen and oxygen atoms in total. The van der Waals surface area contributed by atoms with E-state index in [9.17, 15) is 13.6 Å². The molecule has 0 radical (unpaired) electrons. The molecule has 1 aliphatic rings. The lowest BCUT2D eigenvalue weighted by Gasteiger charge is -2.30. The molecule has 0 aliphatic heterocycles. The highest BCUT2D eigenvalue weighted by molar-refractivity contribution is 7.63. The Balaban J connectivity index is 2.81. The zero-order chi connectivity index (χ0) is 13.2. The van der Waals surface area contributed by atoms with Gasteiger partial charge < -0.3 is 9.94 Å². The molecular formula is C12H11ClNO3S-. The number of aromatic nitrogens is 1. The Kier molecular flexibility index (Phi) is 3.63. The summed E-state index contributed by atoms with van der Waals surface area (Å²) in [4.78, 5) is 0. The molecule has 1 unspecified atom stereocenters. The summed E-state index contributed by atoms with van der Waals surface area (Å²) in [7, 11) is -2.60. The first-order valence-corrected chi connectivity index (χ1v) is 6.94. The molecule has 0 fully saturated rings. The predicted octanol–water partition coefficient (Wildman–Crippen LogP) is 2.24. The predicted molar refractivity (Wildman–Crippen MR) is 70.7 cm³/mol. The molecule has 0 bridgehead atoms. The first kappa shape index (κ1) is 13.0. The molecule has 0 saturated carbocycles. The second kappa shape index (κ2) is 5.04. The van der Waals surface area contributed by atoms with Crippen LogP contribution in [0.2, 0.25) is 0 Å². The van der Waals surface area contributed by atoms with Crippen LogP contribution in [0.3, 0.4) is 0 Å². The highest BCUT2D eigenvalue weighted by Crippen LogP contribution is 2.34. The zero-order valence-electron chi connectivity index (χ0n) is 9.41. The van der Waals surface area contributed by atoms with Crippen molar-refractivity contribution in [2.24, 2.45) is 0 Å². The van der Waals surface area contributed by atoms with Crippen molar-refractivity contribution in [3.63, 3.8) is 0 Å². The maximum atomic E-state index is 11.6. The summed E-state index contributed by atoms with van der Waals surface area (Å²) < 4.78 is 22.6. The molecule has 1 aromatic heterocycles. The fraction of sp³-hybridized carbons (Fsp3) is 0.250. The molecule has 1 aromatic rings. The van der Waals surface area contributed by atoms with Gasteiger partial charge in [-0.15, -0.1) is 11.6 Å². The number of hydrogen-bond acceptors (Lipinski definition) is 3. The molecule has 6 heteroatoms. The molecule has 2 rings (SSSR count). The minimum atomic E-state index is -2.60. The number of nitrogens with zero attached hydrogens (tertiary/aromatic N) is 1. The van der Waals surface area contributed by atoms with Crippen molar-refractivity contribution in [3.8, 4) is 0 Å². The van der Waals surface area contributed by atoms with E-state index in [1.807, 2.05) is 24.3 Å². The van der Waals surface area contributed by atoms with Gasteiger partial charge in [-0.05, 0) is 18.7 Å². The van der Waals surface area contributed by atoms with Gasteiger partial charge in [0.15, 0.2) is 4.64 Å². The van der Waals surface area contributed by atoms with Crippen molar-refractivity contribution in [1.29, 1.82) is 0 Å². The third kappa shape index (κ3) is 2.11. The lowest BCUT2D eigenvalue weighted by molar-refractivity contribution is 0.593. The van der Waals surface area contributed by atoms with Crippen molar-refractivity contribution in [3.05, 3.63) is 58.0 Å². The monoisotopic (exact) mass is 284 g/mol. The molecule has 0 saturated heterocycles. The van der Waals surface area contributed by atoms with Crippen molar-refractivity contribution in [2.45, 2.75) is 11.8 Å². The molecule has 96 valence electrons. The van der Waals surface area contributed by atoms with Crippen LogP contribution in [0, 0.1) is 9.85 Å². The Morgan fingerprint density at radius 1 is 1.44 bits per heavy atom. The quantitative estimate of drug-likeness (QED) is 0.618. The van der Waals surface area contributed by atoms with Crippen LogP contribution in [0.4, 0.5) is 0 Å². The van der Waals surface area contributed by atoms with Crippen LogP contribution in [-0.2, 0) is 15.7 Å². The minimum absolute atomic E-state index is 0.210. The highest BCUT2D eigenvalue weighted by atomic mass is 35.5. The summed E-state index contributed by atoms with van der Waals surface area (Å²) >= 11 is 6.00. The molecule has 0 N–H and O–H groups in total. The van der Waals surface area contributed by atoms with Gasteiger partial charge in [-0.1, -0.05) is 30.4 Å². The Bertz CT molecular complexity index is 680. The van der Waals surface area contributed by atoms with E-state index in [2.05, 4.69) is 0 Å². The van der Waals surface area contributed by atoms with Gasteiger partial charge in [0.25, 0.3) is 0 Å². The normalized spacial score (nSPS) is 22.1. The largest absolute Gasteiger partial charge is 0.805 e. The molecule has 1 atom stereocenters. The van der Waals surface area contributed by atoms with Crippen LogP contribution in [0.25, 0.3) is 0 Å². The molecular weight excluding hydrogens is 274 g/mol. The SMILES string of the molecule is O=S(=O)=c1c(C2(CCl)C=CC=CC2)cccn1[O-]. The fourth-order valence-corrected chi connectivity index (χ4v) is 3.05. The third-order valence-corrected chi connectivity index (χ3v) is 4.18. The van der Waals surface area contributed by atoms with Gasteiger partial charge in [-0.3, -0.25) is 0 Å².